The molecular formula is C10H18N2O4. The number of aliphatic hydroxyl groups is 1. The van der Waals surface area contributed by atoms with Crippen molar-refractivity contribution in [1.82, 2.24) is 10.2 Å². The van der Waals surface area contributed by atoms with Gasteiger partial charge in [0.05, 0.1) is 12.5 Å². The molecule has 6 heteroatoms. The van der Waals surface area contributed by atoms with Crippen LogP contribution < -0.4 is 5.32 Å². The van der Waals surface area contributed by atoms with Crippen LogP contribution in [-0.2, 0) is 4.79 Å². The lowest BCUT2D eigenvalue weighted by Crippen LogP contribution is -2.49. The van der Waals surface area contributed by atoms with Gasteiger partial charge in [-0.15, -0.1) is 0 Å². The number of piperidine rings is 1. The molecule has 92 valence electrons. The molecule has 2 atom stereocenters. The second-order valence-corrected chi connectivity index (χ2v) is 4.15. The van der Waals surface area contributed by atoms with Gasteiger partial charge in [-0.05, 0) is 12.3 Å². The van der Waals surface area contributed by atoms with Crippen LogP contribution in [0.25, 0.3) is 0 Å². The van der Waals surface area contributed by atoms with Gasteiger partial charge in [-0.2, -0.15) is 0 Å². The predicted octanol–water partition coefficient (Wildman–Crippen LogP) is -0.127. The molecule has 1 rings (SSSR count). The summed E-state index contributed by atoms with van der Waals surface area (Å²) in [4.78, 5) is 23.4. The Bertz CT molecular complexity index is 270. The fourth-order valence-corrected chi connectivity index (χ4v) is 1.71. The Morgan fingerprint density at radius 2 is 2.19 bits per heavy atom. The Labute approximate surface area is 94.2 Å². The Hall–Kier alpha value is -1.30. The summed E-state index contributed by atoms with van der Waals surface area (Å²) in [5.74, 6) is -0.860. The number of carbonyl (C=O) groups excluding carboxylic acids is 1. The first-order valence-electron chi connectivity index (χ1n) is 5.43. The van der Waals surface area contributed by atoms with Crippen LogP contribution >= 0.6 is 0 Å². The van der Waals surface area contributed by atoms with Crippen molar-refractivity contribution >= 4 is 12.0 Å². The van der Waals surface area contributed by atoms with E-state index in [1.54, 1.807) is 4.90 Å². The van der Waals surface area contributed by atoms with Crippen molar-refractivity contribution in [3.63, 3.8) is 0 Å². The highest BCUT2D eigenvalue weighted by molar-refractivity contribution is 5.75. The number of hydrogen-bond donors (Lipinski definition) is 3. The van der Waals surface area contributed by atoms with Crippen LogP contribution in [0.3, 0.4) is 0 Å². The Morgan fingerprint density at radius 1 is 1.50 bits per heavy atom. The molecule has 0 radical (unpaired) electrons. The molecule has 0 aromatic heterocycles. The first kappa shape index (κ1) is 12.8. The molecule has 16 heavy (non-hydrogen) atoms. The van der Waals surface area contributed by atoms with E-state index >= 15 is 0 Å². The summed E-state index contributed by atoms with van der Waals surface area (Å²) in [6, 6.07) is -0.250. The van der Waals surface area contributed by atoms with Crippen molar-refractivity contribution in [3.8, 4) is 0 Å². The highest BCUT2D eigenvalue weighted by atomic mass is 16.4. The summed E-state index contributed by atoms with van der Waals surface area (Å²) < 4.78 is 0. The number of nitrogens with zero attached hydrogens (tertiary/aromatic N) is 1. The quantitative estimate of drug-likeness (QED) is 0.630. The van der Waals surface area contributed by atoms with E-state index in [2.05, 4.69) is 5.32 Å². The third-order valence-electron chi connectivity index (χ3n) is 2.76. The monoisotopic (exact) mass is 230 g/mol. The summed E-state index contributed by atoms with van der Waals surface area (Å²) in [6.45, 7) is 3.06. The van der Waals surface area contributed by atoms with Gasteiger partial charge < -0.3 is 20.4 Å². The number of carboxylic acids is 1. The zero-order valence-electron chi connectivity index (χ0n) is 9.35. The van der Waals surface area contributed by atoms with Crippen LogP contribution in [0.1, 0.15) is 19.8 Å². The van der Waals surface area contributed by atoms with E-state index in [4.69, 9.17) is 5.11 Å². The molecule has 0 aliphatic carbocycles. The van der Waals surface area contributed by atoms with E-state index in [0.717, 1.165) is 0 Å². The number of hydrogen-bond acceptors (Lipinski definition) is 3. The van der Waals surface area contributed by atoms with Gasteiger partial charge in [0.25, 0.3) is 0 Å². The van der Waals surface area contributed by atoms with E-state index < -0.39 is 5.97 Å². The molecule has 0 aromatic carbocycles. The molecule has 1 saturated heterocycles. The van der Waals surface area contributed by atoms with Gasteiger partial charge in [-0.25, -0.2) is 4.79 Å². The van der Waals surface area contributed by atoms with Crippen LogP contribution in [0.4, 0.5) is 4.79 Å². The summed E-state index contributed by atoms with van der Waals surface area (Å²) >= 11 is 0. The van der Waals surface area contributed by atoms with Crippen LogP contribution in [0.5, 0.6) is 0 Å². The lowest BCUT2D eigenvalue weighted by Gasteiger charge is -2.34. The maximum atomic E-state index is 11.6. The Kier molecular flexibility index (Phi) is 4.54. The van der Waals surface area contributed by atoms with E-state index in [1.807, 2.05) is 6.92 Å². The third-order valence-corrected chi connectivity index (χ3v) is 2.76. The molecule has 1 fully saturated rings. The minimum atomic E-state index is -0.928. The molecule has 1 aliphatic heterocycles. The molecule has 0 aromatic rings. The topological polar surface area (TPSA) is 89.9 Å². The van der Waals surface area contributed by atoms with Crippen LogP contribution in [0.2, 0.25) is 0 Å². The van der Waals surface area contributed by atoms with Gasteiger partial charge >= 0.3 is 12.0 Å². The smallest absolute Gasteiger partial charge is 0.317 e. The molecule has 2 unspecified atom stereocenters. The number of urea groups is 1. The Balaban J connectivity index is 2.29. The molecule has 0 bridgehead atoms. The lowest BCUT2D eigenvalue weighted by atomic mass is 9.97. The highest BCUT2D eigenvalue weighted by Gasteiger charge is 2.26. The average molecular weight is 230 g/mol. The molecule has 0 spiro atoms. The number of carbonyl (C=O) groups is 2. The largest absolute Gasteiger partial charge is 0.481 e. The number of likely N-dealkylation sites (tertiary alicyclic amines) is 1. The number of aliphatic hydroxyl groups excluding tert-OH is 1. The van der Waals surface area contributed by atoms with Gasteiger partial charge in [0.1, 0.15) is 0 Å². The van der Waals surface area contributed by atoms with Crippen molar-refractivity contribution in [2.24, 2.45) is 5.92 Å². The lowest BCUT2D eigenvalue weighted by molar-refractivity contribution is -0.136. The molecule has 1 heterocycles. The van der Waals surface area contributed by atoms with E-state index in [0.29, 0.717) is 19.5 Å². The molecule has 0 saturated carbocycles. The maximum absolute atomic E-state index is 11.6. The molecule has 6 nitrogen and oxygen atoms in total. The van der Waals surface area contributed by atoms with Crippen LogP contribution in [0.15, 0.2) is 0 Å². The first-order chi connectivity index (χ1) is 7.50. The van der Waals surface area contributed by atoms with Gasteiger partial charge in [-0.3, -0.25) is 4.79 Å². The second kappa shape index (κ2) is 5.69. The highest BCUT2D eigenvalue weighted by Crippen LogP contribution is 2.16. The predicted molar refractivity (Wildman–Crippen MR) is 57.0 cm³/mol. The number of aliphatic carboxylic acids is 1. The van der Waals surface area contributed by atoms with Gasteiger partial charge in [0, 0.05) is 19.6 Å². The van der Waals surface area contributed by atoms with Gasteiger partial charge in [-0.1, -0.05) is 6.92 Å². The summed E-state index contributed by atoms with van der Waals surface area (Å²) in [5, 5.41) is 20.4. The standard InChI is InChI=1S/C10H18N2O4/c1-7-6-12(5-3-8(7)13)10(16)11-4-2-9(14)15/h7-8,13H,2-6H2,1H3,(H,11,16)(H,14,15). The maximum Gasteiger partial charge on any atom is 0.317 e. The number of amides is 2. The molecule has 3 N–H and O–H groups in total. The molecular weight excluding hydrogens is 212 g/mol. The van der Waals surface area contributed by atoms with Gasteiger partial charge in [0.2, 0.25) is 0 Å². The molecule has 1 aliphatic rings. The zero-order valence-corrected chi connectivity index (χ0v) is 9.35. The van der Waals surface area contributed by atoms with E-state index in [9.17, 15) is 14.7 Å². The van der Waals surface area contributed by atoms with Crippen molar-refractivity contribution < 1.29 is 19.8 Å². The van der Waals surface area contributed by atoms with Crippen LogP contribution in [0, 0.1) is 5.92 Å². The van der Waals surface area contributed by atoms with Crippen LogP contribution in [-0.4, -0.2) is 52.9 Å². The normalized spacial score (nSPS) is 25.2. The number of carboxylic acid groups (broad SMARTS) is 1. The van der Waals surface area contributed by atoms with Crippen molar-refractivity contribution in [2.45, 2.75) is 25.9 Å². The fraction of sp³-hybridized carbons (Fsp3) is 0.800. The summed E-state index contributed by atoms with van der Waals surface area (Å²) in [7, 11) is 0. The summed E-state index contributed by atoms with van der Waals surface area (Å²) in [5.41, 5.74) is 0. The van der Waals surface area contributed by atoms with Gasteiger partial charge in [0.15, 0.2) is 0 Å². The summed E-state index contributed by atoms with van der Waals surface area (Å²) in [6.07, 6.45) is 0.161. The second-order valence-electron chi connectivity index (χ2n) is 4.15. The minimum Gasteiger partial charge on any atom is -0.481 e. The zero-order chi connectivity index (χ0) is 12.1. The SMILES string of the molecule is CC1CN(C(=O)NCCC(=O)O)CCC1O. The number of rotatable bonds is 3. The third kappa shape index (κ3) is 3.69. The van der Waals surface area contributed by atoms with Crippen molar-refractivity contribution in [2.75, 3.05) is 19.6 Å². The first-order valence-corrected chi connectivity index (χ1v) is 5.43. The minimum absolute atomic E-state index is 0.0685. The van der Waals surface area contributed by atoms with Crippen molar-refractivity contribution in [1.29, 1.82) is 0 Å². The number of nitrogens with one attached hydrogen (secondary N) is 1. The van der Waals surface area contributed by atoms with E-state index in [-0.39, 0.29) is 31.0 Å². The van der Waals surface area contributed by atoms with E-state index in [1.165, 1.54) is 0 Å². The molecule has 2 amide bonds. The Morgan fingerprint density at radius 3 is 2.75 bits per heavy atom. The van der Waals surface area contributed by atoms with Crippen molar-refractivity contribution in [3.05, 3.63) is 0 Å². The average Bonchev–Trinajstić information content (AvgIpc) is 2.21. The fourth-order valence-electron chi connectivity index (χ4n) is 1.71.